The Labute approximate surface area is 86.5 Å². The van der Waals surface area contributed by atoms with Crippen LogP contribution in [0, 0.1) is 0 Å². The second kappa shape index (κ2) is 3.50. The van der Waals surface area contributed by atoms with Gasteiger partial charge < -0.3 is 0 Å². The van der Waals surface area contributed by atoms with Gasteiger partial charge >= 0.3 is 0 Å². The van der Waals surface area contributed by atoms with E-state index in [2.05, 4.69) is 0 Å². The summed E-state index contributed by atoms with van der Waals surface area (Å²) in [6.07, 6.45) is 0. The lowest BCUT2D eigenvalue weighted by molar-refractivity contribution is -0.113. The Morgan fingerprint density at radius 1 is 1.31 bits per heavy atom. The molecule has 0 aromatic rings. The van der Waals surface area contributed by atoms with Crippen molar-refractivity contribution in [3.63, 3.8) is 0 Å². The van der Waals surface area contributed by atoms with Crippen LogP contribution in [-0.4, -0.2) is 15.6 Å². The van der Waals surface area contributed by atoms with Crippen LogP contribution in [0.4, 0.5) is 0 Å². The van der Waals surface area contributed by atoms with E-state index < -0.39 is 0 Å². The van der Waals surface area contributed by atoms with E-state index in [0.29, 0.717) is 5.57 Å². The minimum Gasteiger partial charge on any atom is -0.295 e. The molecule has 0 N–H and O–H groups in total. The number of ketones is 1. The highest BCUT2D eigenvalue weighted by Crippen LogP contribution is 2.51. The molecule has 0 aliphatic carbocycles. The number of thioether (sulfide) groups is 2. The lowest BCUT2D eigenvalue weighted by atomic mass is 10.2. The molecule has 0 atom stereocenters. The Bertz CT molecular complexity index is 303. The summed E-state index contributed by atoms with van der Waals surface area (Å²) >= 11 is 2.68. The van der Waals surface area contributed by atoms with E-state index in [9.17, 15) is 9.59 Å². The van der Waals surface area contributed by atoms with Crippen molar-refractivity contribution in [3.8, 4) is 0 Å². The highest BCUT2D eigenvalue weighted by Gasteiger charge is 2.39. The van der Waals surface area contributed by atoms with Crippen LogP contribution < -0.4 is 0 Å². The molecule has 0 saturated carbocycles. The van der Waals surface area contributed by atoms with Crippen LogP contribution >= 0.6 is 23.5 Å². The summed E-state index contributed by atoms with van der Waals surface area (Å²) in [5.41, 5.74) is 0.703. The summed E-state index contributed by atoms with van der Waals surface area (Å²) in [6.45, 7) is 7.06. The summed E-state index contributed by atoms with van der Waals surface area (Å²) in [4.78, 5) is 22.5. The SMILES string of the molecule is CC(=O)/C(C)=C1/SC(=O)C(C)(C)S1. The average Bonchev–Trinajstić information content (AvgIpc) is 2.25. The first-order valence-corrected chi connectivity index (χ1v) is 5.61. The lowest BCUT2D eigenvalue weighted by Gasteiger charge is -2.10. The number of Topliss-reactive ketones (excluding diaryl/α,β-unsaturated/α-hetero) is 1. The van der Waals surface area contributed by atoms with Gasteiger partial charge in [0, 0.05) is 5.57 Å². The summed E-state index contributed by atoms with van der Waals surface area (Å²) in [6, 6.07) is 0. The predicted octanol–water partition coefficient (Wildman–Crippen LogP) is 2.59. The normalized spacial score (nSPS) is 24.8. The van der Waals surface area contributed by atoms with E-state index >= 15 is 0 Å². The zero-order chi connectivity index (χ0) is 10.2. The van der Waals surface area contributed by atoms with Crippen LogP contribution in [0.1, 0.15) is 27.7 Å². The van der Waals surface area contributed by atoms with Crippen LogP contribution in [0.2, 0.25) is 0 Å². The highest BCUT2D eigenvalue weighted by atomic mass is 32.2. The van der Waals surface area contributed by atoms with Gasteiger partial charge in [0.15, 0.2) is 5.78 Å². The van der Waals surface area contributed by atoms with Gasteiger partial charge in [-0.25, -0.2) is 0 Å². The number of carbonyl (C=O) groups is 2. The van der Waals surface area contributed by atoms with Crippen molar-refractivity contribution >= 4 is 34.4 Å². The van der Waals surface area contributed by atoms with E-state index in [1.54, 1.807) is 6.92 Å². The maximum atomic E-state index is 11.4. The molecule has 13 heavy (non-hydrogen) atoms. The number of rotatable bonds is 1. The maximum Gasteiger partial charge on any atom is 0.210 e. The summed E-state index contributed by atoms with van der Waals surface area (Å²) in [5.74, 6) is 0.0421. The lowest BCUT2D eigenvalue weighted by Crippen LogP contribution is -2.19. The van der Waals surface area contributed by atoms with Crippen molar-refractivity contribution in [1.82, 2.24) is 0 Å². The molecular weight excluding hydrogens is 204 g/mol. The molecule has 0 aromatic carbocycles. The van der Waals surface area contributed by atoms with E-state index in [4.69, 9.17) is 0 Å². The molecule has 2 nitrogen and oxygen atoms in total. The predicted molar refractivity (Wildman–Crippen MR) is 57.6 cm³/mol. The number of hydrogen-bond donors (Lipinski definition) is 0. The van der Waals surface area contributed by atoms with Crippen molar-refractivity contribution in [1.29, 1.82) is 0 Å². The Hall–Kier alpha value is -0.220. The third-order valence-corrected chi connectivity index (χ3v) is 4.86. The van der Waals surface area contributed by atoms with E-state index in [1.165, 1.54) is 30.4 Å². The molecule has 1 aliphatic heterocycles. The number of allylic oxidation sites excluding steroid dienone is 1. The molecule has 1 aliphatic rings. The van der Waals surface area contributed by atoms with Crippen LogP contribution in [0.15, 0.2) is 9.81 Å². The maximum absolute atomic E-state index is 11.4. The molecule has 0 radical (unpaired) electrons. The average molecular weight is 216 g/mol. The van der Waals surface area contributed by atoms with E-state index in [1.807, 2.05) is 13.8 Å². The Morgan fingerprint density at radius 2 is 1.85 bits per heavy atom. The van der Waals surface area contributed by atoms with Crippen molar-refractivity contribution < 1.29 is 9.59 Å². The van der Waals surface area contributed by atoms with E-state index in [-0.39, 0.29) is 15.6 Å². The van der Waals surface area contributed by atoms with Gasteiger partial charge in [0.25, 0.3) is 0 Å². The molecule has 1 heterocycles. The monoisotopic (exact) mass is 216 g/mol. The van der Waals surface area contributed by atoms with Crippen molar-refractivity contribution in [2.45, 2.75) is 32.4 Å². The molecular formula is C9H12O2S2. The minimum atomic E-state index is -0.378. The van der Waals surface area contributed by atoms with Gasteiger partial charge in [0.1, 0.15) is 0 Å². The van der Waals surface area contributed by atoms with Gasteiger partial charge in [-0.05, 0) is 39.5 Å². The molecule has 0 aromatic heterocycles. The van der Waals surface area contributed by atoms with Crippen LogP contribution in [0.5, 0.6) is 0 Å². The quantitative estimate of drug-likeness (QED) is 0.631. The van der Waals surface area contributed by atoms with Gasteiger partial charge in [-0.2, -0.15) is 0 Å². The minimum absolute atomic E-state index is 0.0421. The molecule has 1 saturated heterocycles. The third-order valence-electron chi connectivity index (χ3n) is 1.86. The van der Waals surface area contributed by atoms with Gasteiger partial charge in [-0.3, -0.25) is 9.59 Å². The Kier molecular flexibility index (Phi) is 2.92. The van der Waals surface area contributed by atoms with Crippen LogP contribution in [0.3, 0.4) is 0 Å². The summed E-state index contributed by atoms with van der Waals surface area (Å²) < 4.78 is 0.485. The standard InChI is InChI=1S/C9H12O2S2/c1-5(6(2)10)7-12-8(11)9(3,4)13-7/h1-4H3/b7-5-. The fraction of sp³-hybridized carbons (Fsp3) is 0.556. The zero-order valence-electron chi connectivity index (χ0n) is 8.13. The Balaban J connectivity index is 2.98. The molecule has 4 heteroatoms. The molecule has 0 bridgehead atoms. The van der Waals surface area contributed by atoms with Gasteiger partial charge in [-0.1, -0.05) is 0 Å². The molecule has 0 spiro atoms. The topological polar surface area (TPSA) is 34.1 Å². The smallest absolute Gasteiger partial charge is 0.210 e. The van der Waals surface area contributed by atoms with Gasteiger partial charge in [0.2, 0.25) is 5.12 Å². The fourth-order valence-corrected chi connectivity index (χ4v) is 3.62. The fourth-order valence-electron chi connectivity index (χ4n) is 0.798. The zero-order valence-corrected chi connectivity index (χ0v) is 9.77. The Morgan fingerprint density at radius 3 is 2.15 bits per heavy atom. The van der Waals surface area contributed by atoms with Crippen molar-refractivity contribution in [2.75, 3.05) is 0 Å². The second-order valence-electron chi connectivity index (χ2n) is 3.47. The first kappa shape index (κ1) is 10.9. The first-order chi connectivity index (χ1) is 5.84. The third kappa shape index (κ3) is 2.17. The number of hydrogen-bond acceptors (Lipinski definition) is 4. The van der Waals surface area contributed by atoms with E-state index in [0.717, 1.165) is 4.24 Å². The van der Waals surface area contributed by atoms with Gasteiger partial charge in [0.05, 0.1) is 8.98 Å². The largest absolute Gasteiger partial charge is 0.295 e. The molecule has 0 amide bonds. The molecule has 72 valence electrons. The summed E-state index contributed by atoms with van der Waals surface area (Å²) in [5, 5.41) is 0.133. The number of carbonyl (C=O) groups excluding carboxylic acids is 2. The van der Waals surface area contributed by atoms with Crippen LogP contribution in [-0.2, 0) is 9.59 Å². The van der Waals surface area contributed by atoms with Crippen molar-refractivity contribution in [3.05, 3.63) is 9.81 Å². The van der Waals surface area contributed by atoms with Crippen LogP contribution in [0.25, 0.3) is 0 Å². The first-order valence-electron chi connectivity index (χ1n) is 3.97. The van der Waals surface area contributed by atoms with Crippen molar-refractivity contribution in [2.24, 2.45) is 0 Å². The highest BCUT2D eigenvalue weighted by molar-refractivity contribution is 8.35. The summed E-state index contributed by atoms with van der Waals surface area (Å²) in [7, 11) is 0. The molecule has 0 unspecified atom stereocenters. The second-order valence-corrected chi connectivity index (χ2v) is 6.35. The molecule has 1 fully saturated rings. The molecule has 1 rings (SSSR count). The van der Waals surface area contributed by atoms with Gasteiger partial charge in [-0.15, -0.1) is 11.8 Å².